The number of para-hydroxylation sites is 1. The van der Waals surface area contributed by atoms with Crippen molar-refractivity contribution in [3.05, 3.63) is 82.6 Å². The molecule has 0 fully saturated rings. The van der Waals surface area contributed by atoms with E-state index in [1.807, 2.05) is 0 Å². The topological polar surface area (TPSA) is 12.9 Å². The van der Waals surface area contributed by atoms with Gasteiger partial charge >= 0.3 is 6.18 Å². The molecule has 2 aromatic carbocycles. The van der Waals surface area contributed by atoms with E-state index in [1.54, 1.807) is 24.3 Å². The lowest BCUT2D eigenvalue weighted by atomic mass is 10.0. The maximum Gasteiger partial charge on any atom is 0.418 e. The summed E-state index contributed by atoms with van der Waals surface area (Å²) in [6, 6.07) is 9.16. The number of nitrogens with zero attached hydrogens (tertiary/aromatic N) is 1. The van der Waals surface area contributed by atoms with E-state index in [0.29, 0.717) is 34.2 Å². The van der Waals surface area contributed by atoms with Gasteiger partial charge in [-0.3, -0.25) is 0 Å². The minimum absolute atomic E-state index is 0.163. The third kappa shape index (κ3) is 2.58. The molecule has 126 valence electrons. The molecule has 6 heteroatoms. The quantitative estimate of drug-likeness (QED) is 0.528. The summed E-state index contributed by atoms with van der Waals surface area (Å²) in [6.45, 7) is 0. The maximum absolute atomic E-state index is 13.6. The third-order valence-electron chi connectivity index (χ3n) is 4.26. The lowest BCUT2D eigenvalue weighted by Crippen LogP contribution is -2.07. The van der Waals surface area contributed by atoms with Crippen LogP contribution in [0.1, 0.15) is 22.4 Å². The SMILES string of the molecule is Fc1cc2c(cc1F)C(c1ccc3cccc(C(F)(F)F)c3n1)=CC2. The minimum atomic E-state index is -4.53. The Balaban J connectivity index is 1.89. The van der Waals surface area contributed by atoms with Gasteiger partial charge in [0.05, 0.1) is 16.8 Å². The molecule has 1 heterocycles. The molecule has 1 aliphatic carbocycles. The zero-order valence-electron chi connectivity index (χ0n) is 12.7. The molecule has 0 saturated heterocycles. The molecular formula is C19H10F5N. The molecule has 0 unspecified atom stereocenters. The summed E-state index contributed by atoms with van der Waals surface area (Å²) >= 11 is 0. The van der Waals surface area contributed by atoms with Crippen LogP contribution < -0.4 is 0 Å². The third-order valence-corrected chi connectivity index (χ3v) is 4.26. The van der Waals surface area contributed by atoms with Crippen LogP contribution in [0.15, 0.2) is 48.5 Å². The second kappa shape index (κ2) is 5.37. The van der Waals surface area contributed by atoms with Crippen molar-refractivity contribution in [1.29, 1.82) is 0 Å². The zero-order chi connectivity index (χ0) is 17.8. The average molecular weight is 347 g/mol. The lowest BCUT2D eigenvalue weighted by molar-refractivity contribution is -0.136. The van der Waals surface area contributed by atoms with Gasteiger partial charge in [-0.05, 0) is 41.8 Å². The molecular weight excluding hydrogens is 337 g/mol. The Bertz CT molecular complexity index is 1030. The van der Waals surface area contributed by atoms with Crippen molar-refractivity contribution in [2.24, 2.45) is 0 Å². The molecule has 0 N–H and O–H groups in total. The first kappa shape index (κ1) is 15.7. The van der Waals surface area contributed by atoms with E-state index in [0.717, 1.165) is 18.2 Å². The fraction of sp³-hybridized carbons (Fsp3) is 0.105. The Morgan fingerprint density at radius 1 is 0.920 bits per heavy atom. The normalized spacial score (nSPS) is 13.9. The van der Waals surface area contributed by atoms with Crippen LogP contribution in [0.5, 0.6) is 0 Å². The highest BCUT2D eigenvalue weighted by atomic mass is 19.4. The summed E-state index contributed by atoms with van der Waals surface area (Å²) in [7, 11) is 0. The van der Waals surface area contributed by atoms with Gasteiger partial charge in [0.25, 0.3) is 0 Å². The van der Waals surface area contributed by atoms with Crippen LogP contribution >= 0.6 is 0 Å². The van der Waals surface area contributed by atoms with Gasteiger partial charge in [-0.15, -0.1) is 0 Å². The highest BCUT2D eigenvalue weighted by molar-refractivity contribution is 5.88. The van der Waals surface area contributed by atoms with Crippen molar-refractivity contribution in [1.82, 2.24) is 4.98 Å². The van der Waals surface area contributed by atoms with E-state index in [4.69, 9.17) is 0 Å². The Hall–Kier alpha value is -2.76. The summed E-state index contributed by atoms with van der Waals surface area (Å²) in [6.07, 6.45) is -2.43. The largest absolute Gasteiger partial charge is 0.418 e. The van der Waals surface area contributed by atoms with E-state index >= 15 is 0 Å². The van der Waals surface area contributed by atoms with Crippen molar-refractivity contribution in [3.63, 3.8) is 0 Å². The van der Waals surface area contributed by atoms with Gasteiger partial charge < -0.3 is 0 Å². The lowest BCUT2D eigenvalue weighted by Gasteiger charge is -2.12. The first-order valence-corrected chi connectivity index (χ1v) is 7.50. The Morgan fingerprint density at radius 2 is 1.68 bits per heavy atom. The van der Waals surface area contributed by atoms with Gasteiger partial charge in [-0.2, -0.15) is 13.2 Å². The number of benzene rings is 2. The molecule has 25 heavy (non-hydrogen) atoms. The minimum Gasteiger partial charge on any atom is -0.247 e. The van der Waals surface area contributed by atoms with E-state index < -0.39 is 23.4 Å². The number of allylic oxidation sites excluding steroid dienone is 1. The number of alkyl halides is 3. The number of hydrogen-bond donors (Lipinski definition) is 0. The number of rotatable bonds is 1. The Labute approximate surface area is 139 Å². The summed E-state index contributed by atoms with van der Waals surface area (Å²) in [5.41, 5.74) is 0.859. The van der Waals surface area contributed by atoms with Gasteiger partial charge in [0.1, 0.15) is 0 Å². The Kier molecular flexibility index (Phi) is 3.39. The van der Waals surface area contributed by atoms with Crippen molar-refractivity contribution in [2.75, 3.05) is 0 Å². The van der Waals surface area contributed by atoms with E-state index in [-0.39, 0.29) is 5.52 Å². The van der Waals surface area contributed by atoms with Gasteiger partial charge in [-0.1, -0.05) is 24.3 Å². The monoisotopic (exact) mass is 347 g/mol. The molecule has 1 aromatic heterocycles. The molecule has 0 radical (unpaired) electrons. The van der Waals surface area contributed by atoms with Crippen LogP contribution in [0.2, 0.25) is 0 Å². The summed E-state index contributed by atoms with van der Waals surface area (Å²) in [5, 5.41) is 0.364. The van der Waals surface area contributed by atoms with Crippen LogP contribution in [0.4, 0.5) is 22.0 Å². The molecule has 0 saturated carbocycles. The average Bonchev–Trinajstić information content (AvgIpc) is 2.96. The van der Waals surface area contributed by atoms with Crippen molar-refractivity contribution in [2.45, 2.75) is 12.6 Å². The standard InChI is InChI=1S/C19H10F5N/c20-15-8-11-4-6-12(13(11)9-16(15)21)17-7-5-10-2-1-3-14(18(10)25-17)19(22,23)24/h1-3,5-9H,4H2. The number of fused-ring (bicyclic) bond motifs is 2. The van der Waals surface area contributed by atoms with Gasteiger partial charge in [0.15, 0.2) is 11.6 Å². The summed E-state index contributed by atoms with van der Waals surface area (Å²) in [5.74, 6) is -1.94. The first-order chi connectivity index (χ1) is 11.8. The predicted octanol–water partition coefficient (Wildman–Crippen LogP) is 5.52. The predicted molar refractivity (Wildman–Crippen MR) is 83.9 cm³/mol. The molecule has 0 atom stereocenters. The summed E-state index contributed by atoms with van der Waals surface area (Å²) in [4.78, 5) is 4.17. The van der Waals surface area contributed by atoms with Crippen LogP contribution in [-0.2, 0) is 12.6 Å². The molecule has 4 rings (SSSR count). The Morgan fingerprint density at radius 3 is 2.44 bits per heavy atom. The van der Waals surface area contributed by atoms with Crippen molar-refractivity contribution < 1.29 is 22.0 Å². The number of hydrogen-bond acceptors (Lipinski definition) is 1. The van der Waals surface area contributed by atoms with E-state index in [9.17, 15) is 22.0 Å². The van der Waals surface area contributed by atoms with Crippen molar-refractivity contribution in [3.8, 4) is 0 Å². The van der Waals surface area contributed by atoms with E-state index in [2.05, 4.69) is 4.98 Å². The maximum atomic E-state index is 13.6. The first-order valence-electron chi connectivity index (χ1n) is 7.50. The molecule has 0 amide bonds. The second-order valence-electron chi connectivity index (χ2n) is 5.82. The molecule has 1 aliphatic rings. The van der Waals surface area contributed by atoms with Gasteiger partial charge in [0, 0.05) is 11.0 Å². The van der Waals surface area contributed by atoms with Gasteiger partial charge in [0.2, 0.25) is 0 Å². The van der Waals surface area contributed by atoms with Crippen LogP contribution in [0.3, 0.4) is 0 Å². The van der Waals surface area contributed by atoms with Crippen LogP contribution in [0.25, 0.3) is 16.5 Å². The molecule has 1 nitrogen and oxygen atoms in total. The van der Waals surface area contributed by atoms with Crippen LogP contribution in [0, 0.1) is 11.6 Å². The number of pyridine rings is 1. The highest BCUT2D eigenvalue weighted by Gasteiger charge is 2.33. The van der Waals surface area contributed by atoms with Gasteiger partial charge in [-0.25, -0.2) is 13.8 Å². The second-order valence-corrected chi connectivity index (χ2v) is 5.82. The zero-order valence-corrected chi connectivity index (χ0v) is 12.7. The fourth-order valence-electron chi connectivity index (χ4n) is 3.10. The smallest absolute Gasteiger partial charge is 0.247 e. The van der Waals surface area contributed by atoms with Crippen molar-refractivity contribution >= 4 is 16.5 Å². The fourth-order valence-corrected chi connectivity index (χ4v) is 3.10. The molecule has 3 aromatic rings. The molecule has 0 spiro atoms. The van der Waals surface area contributed by atoms with Crippen LogP contribution in [-0.4, -0.2) is 4.98 Å². The summed E-state index contributed by atoms with van der Waals surface area (Å²) < 4.78 is 66.6. The number of halogens is 5. The number of aromatic nitrogens is 1. The molecule has 0 bridgehead atoms. The highest BCUT2D eigenvalue weighted by Crippen LogP contribution is 2.37. The van der Waals surface area contributed by atoms with E-state index in [1.165, 1.54) is 6.07 Å². The molecule has 0 aliphatic heterocycles.